The average molecular weight is 629 g/mol. The van der Waals surface area contributed by atoms with Gasteiger partial charge in [0.1, 0.15) is 12.6 Å². The summed E-state index contributed by atoms with van der Waals surface area (Å²) >= 11 is 3.45. The molecule has 3 rings (SSSR count). The van der Waals surface area contributed by atoms with Gasteiger partial charge in [0.25, 0.3) is 0 Å². The van der Waals surface area contributed by atoms with Crippen molar-refractivity contribution < 1.29 is 18.0 Å². The Balaban J connectivity index is 2.08. The van der Waals surface area contributed by atoms with E-state index in [1.807, 2.05) is 88.4 Å². The SMILES string of the molecule is CC[C@@H](C)NC(=O)[C@@H](Cc1ccccc1)N(Cc1ccc(Br)cc1)C(=O)CN(c1cccc(C)c1C)S(C)(=O)=O. The fourth-order valence-corrected chi connectivity index (χ4v) is 5.55. The van der Waals surface area contributed by atoms with Crippen molar-refractivity contribution in [3.63, 3.8) is 0 Å². The van der Waals surface area contributed by atoms with E-state index in [9.17, 15) is 18.0 Å². The second-order valence-corrected chi connectivity index (χ2v) is 13.0. The number of carbonyl (C=O) groups is 2. The third kappa shape index (κ3) is 8.41. The molecule has 0 unspecified atom stereocenters. The van der Waals surface area contributed by atoms with E-state index < -0.39 is 28.5 Å². The van der Waals surface area contributed by atoms with Gasteiger partial charge in [-0.3, -0.25) is 13.9 Å². The van der Waals surface area contributed by atoms with Crippen LogP contribution >= 0.6 is 15.9 Å². The standard InChI is InChI=1S/C31H38BrN3O4S/c1-6-23(3)33-31(37)29(19-25-12-8-7-9-13-25)34(20-26-15-17-27(32)18-16-26)30(36)21-35(40(5,38)39)28-14-10-11-22(2)24(28)4/h7-18,23,29H,6,19-21H2,1-5H3,(H,33,37)/t23-,29-/m1/s1. The fourth-order valence-electron chi connectivity index (χ4n) is 4.38. The number of hydrogen-bond donors (Lipinski definition) is 1. The third-order valence-electron chi connectivity index (χ3n) is 7.06. The highest BCUT2D eigenvalue weighted by atomic mass is 79.9. The van der Waals surface area contributed by atoms with E-state index in [1.54, 1.807) is 12.1 Å². The van der Waals surface area contributed by atoms with Crippen LogP contribution in [0.2, 0.25) is 0 Å². The molecular weight excluding hydrogens is 590 g/mol. The van der Waals surface area contributed by atoms with Gasteiger partial charge >= 0.3 is 0 Å². The van der Waals surface area contributed by atoms with Gasteiger partial charge in [0.15, 0.2) is 0 Å². The van der Waals surface area contributed by atoms with Crippen molar-refractivity contribution in [2.24, 2.45) is 0 Å². The largest absolute Gasteiger partial charge is 0.352 e. The summed E-state index contributed by atoms with van der Waals surface area (Å²) in [4.78, 5) is 29.4. The lowest BCUT2D eigenvalue weighted by Crippen LogP contribution is -2.54. The Kier molecular flexibility index (Phi) is 10.9. The first-order chi connectivity index (χ1) is 18.9. The third-order valence-corrected chi connectivity index (χ3v) is 8.72. The van der Waals surface area contributed by atoms with E-state index in [1.165, 1.54) is 4.90 Å². The van der Waals surface area contributed by atoms with Gasteiger partial charge in [-0.1, -0.05) is 77.5 Å². The molecule has 2 amide bonds. The lowest BCUT2D eigenvalue weighted by Gasteiger charge is -2.34. The Bertz CT molecular complexity index is 1410. The monoisotopic (exact) mass is 627 g/mol. The van der Waals surface area contributed by atoms with Crippen LogP contribution in [0.3, 0.4) is 0 Å². The van der Waals surface area contributed by atoms with Gasteiger partial charge in [-0.05, 0) is 67.6 Å². The maximum Gasteiger partial charge on any atom is 0.244 e. The minimum Gasteiger partial charge on any atom is -0.352 e. The molecular formula is C31H38BrN3O4S. The van der Waals surface area contributed by atoms with E-state index in [2.05, 4.69) is 21.2 Å². The Labute approximate surface area is 246 Å². The molecule has 1 N–H and O–H groups in total. The highest BCUT2D eigenvalue weighted by molar-refractivity contribution is 9.10. The molecule has 0 radical (unpaired) electrons. The molecule has 0 spiro atoms. The van der Waals surface area contributed by atoms with Crippen LogP contribution in [0.4, 0.5) is 5.69 Å². The molecule has 0 aliphatic carbocycles. The van der Waals surface area contributed by atoms with E-state index in [4.69, 9.17) is 0 Å². The summed E-state index contributed by atoms with van der Waals surface area (Å²) in [6, 6.07) is 21.5. The number of amides is 2. The maximum absolute atomic E-state index is 14.2. The maximum atomic E-state index is 14.2. The average Bonchev–Trinajstić information content (AvgIpc) is 2.91. The molecule has 0 saturated carbocycles. The van der Waals surface area contributed by atoms with Gasteiger partial charge in [0.2, 0.25) is 21.8 Å². The normalized spacial score (nSPS) is 12.8. The number of hydrogen-bond acceptors (Lipinski definition) is 4. The van der Waals surface area contributed by atoms with Crippen LogP contribution in [0, 0.1) is 13.8 Å². The van der Waals surface area contributed by atoms with E-state index in [-0.39, 0.29) is 24.9 Å². The summed E-state index contributed by atoms with van der Waals surface area (Å²) < 4.78 is 28.0. The number of rotatable bonds is 12. The predicted molar refractivity (Wildman–Crippen MR) is 165 cm³/mol. The molecule has 0 aliphatic rings. The van der Waals surface area contributed by atoms with Crippen LogP contribution in [-0.4, -0.2) is 50.0 Å². The van der Waals surface area contributed by atoms with Crippen molar-refractivity contribution in [3.05, 3.63) is 99.5 Å². The first kappa shape index (κ1) is 31.4. The van der Waals surface area contributed by atoms with Crippen LogP contribution in [-0.2, 0) is 32.6 Å². The Morgan fingerprint density at radius 1 is 0.925 bits per heavy atom. The number of nitrogens with zero attached hydrogens (tertiary/aromatic N) is 2. The molecule has 0 saturated heterocycles. The molecule has 9 heteroatoms. The highest BCUT2D eigenvalue weighted by Gasteiger charge is 2.33. The van der Waals surface area contributed by atoms with Crippen molar-refractivity contribution >= 4 is 43.5 Å². The van der Waals surface area contributed by atoms with Crippen LogP contribution in [0.25, 0.3) is 0 Å². The Morgan fingerprint density at radius 3 is 2.17 bits per heavy atom. The zero-order valence-electron chi connectivity index (χ0n) is 23.7. The van der Waals surface area contributed by atoms with E-state index in [0.29, 0.717) is 5.69 Å². The zero-order chi connectivity index (χ0) is 29.4. The number of halogens is 1. The van der Waals surface area contributed by atoms with Gasteiger partial charge in [-0.15, -0.1) is 0 Å². The molecule has 0 heterocycles. The summed E-state index contributed by atoms with van der Waals surface area (Å²) in [5.74, 6) is -0.740. The molecule has 2 atom stereocenters. The highest BCUT2D eigenvalue weighted by Crippen LogP contribution is 2.26. The van der Waals surface area contributed by atoms with Crippen molar-refractivity contribution in [1.29, 1.82) is 0 Å². The van der Waals surface area contributed by atoms with Gasteiger partial charge in [-0.25, -0.2) is 8.42 Å². The fraction of sp³-hybridized carbons (Fsp3) is 0.355. The number of sulfonamides is 1. The quantitative estimate of drug-likeness (QED) is 0.292. The summed E-state index contributed by atoms with van der Waals surface area (Å²) in [7, 11) is -3.81. The molecule has 3 aromatic rings. The molecule has 0 aromatic heterocycles. The number of nitrogens with one attached hydrogen (secondary N) is 1. The minimum atomic E-state index is -3.81. The van der Waals surface area contributed by atoms with E-state index in [0.717, 1.165) is 43.7 Å². The summed E-state index contributed by atoms with van der Waals surface area (Å²) in [5.41, 5.74) is 3.86. The minimum absolute atomic E-state index is 0.0853. The van der Waals surface area contributed by atoms with Crippen molar-refractivity contribution in [2.75, 3.05) is 17.1 Å². The van der Waals surface area contributed by atoms with Crippen molar-refractivity contribution in [1.82, 2.24) is 10.2 Å². The zero-order valence-corrected chi connectivity index (χ0v) is 26.1. The predicted octanol–water partition coefficient (Wildman–Crippen LogP) is 5.39. The van der Waals surface area contributed by atoms with Crippen molar-refractivity contribution in [3.8, 4) is 0 Å². The first-order valence-electron chi connectivity index (χ1n) is 13.3. The Hall–Kier alpha value is -3.17. The number of aryl methyl sites for hydroxylation is 1. The Morgan fingerprint density at radius 2 is 1.57 bits per heavy atom. The molecule has 0 aliphatic heterocycles. The number of benzene rings is 3. The summed E-state index contributed by atoms with van der Waals surface area (Å²) in [6.45, 7) is 7.35. The molecule has 214 valence electrons. The molecule has 7 nitrogen and oxygen atoms in total. The molecule has 40 heavy (non-hydrogen) atoms. The van der Waals surface area contributed by atoms with Crippen LogP contribution in [0.15, 0.2) is 77.3 Å². The molecule has 0 bridgehead atoms. The van der Waals surface area contributed by atoms with Crippen LogP contribution in [0.1, 0.15) is 42.5 Å². The van der Waals surface area contributed by atoms with Gasteiger partial charge in [0.05, 0.1) is 11.9 Å². The van der Waals surface area contributed by atoms with Gasteiger partial charge < -0.3 is 10.2 Å². The second-order valence-electron chi connectivity index (χ2n) is 10.2. The lowest BCUT2D eigenvalue weighted by atomic mass is 10.0. The van der Waals surface area contributed by atoms with Gasteiger partial charge in [0, 0.05) is 23.5 Å². The lowest BCUT2D eigenvalue weighted by molar-refractivity contribution is -0.140. The molecule has 0 fully saturated rings. The van der Waals surface area contributed by atoms with Crippen LogP contribution in [0.5, 0.6) is 0 Å². The smallest absolute Gasteiger partial charge is 0.244 e. The number of carbonyl (C=O) groups excluding carboxylic acids is 2. The van der Waals surface area contributed by atoms with Crippen LogP contribution < -0.4 is 9.62 Å². The first-order valence-corrected chi connectivity index (χ1v) is 16.0. The topological polar surface area (TPSA) is 86.8 Å². The van der Waals surface area contributed by atoms with E-state index >= 15 is 0 Å². The van der Waals surface area contributed by atoms with Gasteiger partial charge in [-0.2, -0.15) is 0 Å². The summed E-state index contributed by atoms with van der Waals surface area (Å²) in [5, 5.41) is 3.04. The van der Waals surface area contributed by atoms with Crippen molar-refractivity contribution in [2.45, 2.75) is 59.2 Å². The molecule has 3 aromatic carbocycles. The second kappa shape index (κ2) is 13.9. The summed E-state index contributed by atoms with van der Waals surface area (Å²) in [6.07, 6.45) is 2.12. The number of anilines is 1.